The van der Waals surface area contributed by atoms with Gasteiger partial charge in [0.15, 0.2) is 11.1 Å². The highest BCUT2D eigenvalue weighted by Crippen LogP contribution is 2.31. The van der Waals surface area contributed by atoms with Crippen molar-refractivity contribution in [3.8, 4) is 0 Å². The van der Waals surface area contributed by atoms with Crippen molar-refractivity contribution in [2.75, 3.05) is 19.1 Å². The molecule has 3 aromatic rings. The van der Waals surface area contributed by atoms with Gasteiger partial charge in [0.2, 0.25) is 0 Å². The lowest BCUT2D eigenvalue weighted by Crippen LogP contribution is -2.25. The van der Waals surface area contributed by atoms with Crippen molar-refractivity contribution in [1.29, 1.82) is 0 Å². The highest BCUT2D eigenvalue weighted by molar-refractivity contribution is 7.98. The van der Waals surface area contributed by atoms with E-state index in [0.29, 0.717) is 4.90 Å². The molecule has 30 heavy (non-hydrogen) atoms. The van der Waals surface area contributed by atoms with Gasteiger partial charge in [-0.1, -0.05) is 42.0 Å². The lowest BCUT2D eigenvalue weighted by molar-refractivity contribution is 0.100. The van der Waals surface area contributed by atoms with Crippen molar-refractivity contribution in [2.45, 2.75) is 33.6 Å². The summed E-state index contributed by atoms with van der Waals surface area (Å²) in [7, 11) is 0. The van der Waals surface area contributed by atoms with Crippen molar-refractivity contribution in [3.05, 3.63) is 89.5 Å². The zero-order valence-electron chi connectivity index (χ0n) is 17.3. The fourth-order valence-electron chi connectivity index (χ4n) is 3.20. The molecule has 1 N–H and O–H groups in total. The van der Waals surface area contributed by atoms with E-state index in [-0.39, 0.29) is 12.5 Å². The van der Waals surface area contributed by atoms with Crippen LogP contribution in [-0.4, -0.2) is 34.5 Å². The first-order valence-corrected chi connectivity index (χ1v) is 13.1. The summed E-state index contributed by atoms with van der Waals surface area (Å²) in [6.45, 7) is 1.95. The van der Waals surface area contributed by atoms with Crippen LogP contribution in [0.2, 0.25) is 0 Å². The Morgan fingerprint density at radius 3 is 1.73 bits per heavy atom. The van der Waals surface area contributed by atoms with Gasteiger partial charge < -0.3 is 5.11 Å². The molecule has 6 heteroatoms. The average molecular weight is 459 g/mol. The second-order valence-electron chi connectivity index (χ2n) is 6.92. The molecule has 0 aliphatic rings. The molecule has 0 aromatic heterocycles. The van der Waals surface area contributed by atoms with Gasteiger partial charge in [-0.15, -0.1) is 23.5 Å². The van der Waals surface area contributed by atoms with Gasteiger partial charge in [-0.25, -0.2) is 4.21 Å². The molecule has 0 spiro atoms. The second-order valence-corrected chi connectivity index (χ2v) is 9.86. The van der Waals surface area contributed by atoms with Crippen LogP contribution < -0.4 is 0 Å². The first-order valence-electron chi connectivity index (χ1n) is 9.59. The summed E-state index contributed by atoms with van der Waals surface area (Å²) >= 11 is 1.74. The third-order valence-electron chi connectivity index (χ3n) is 4.89. The lowest BCUT2D eigenvalue weighted by atomic mass is 9.87. The molecule has 3 rings (SSSR count). The molecule has 0 heterocycles. The first-order chi connectivity index (χ1) is 14.5. The summed E-state index contributed by atoms with van der Waals surface area (Å²) in [4.78, 5) is 2.93. The largest absolute Gasteiger partial charge is 0.390 e. The summed E-state index contributed by atoms with van der Waals surface area (Å²) in [6, 6.07) is 23.8. The number of aryl methyl sites for hydroxylation is 1. The number of hydrogen-bond donors (Lipinski definition) is 1. The predicted molar refractivity (Wildman–Crippen MR) is 128 cm³/mol. The van der Waals surface area contributed by atoms with Crippen LogP contribution in [-0.2, 0) is 15.3 Å². The number of benzene rings is 3. The molecule has 0 bridgehead atoms. The molecular formula is C24H26O3S3. The van der Waals surface area contributed by atoms with E-state index in [4.69, 9.17) is 4.18 Å². The summed E-state index contributed by atoms with van der Waals surface area (Å²) in [5.41, 5.74) is 3.10. The Bertz CT molecular complexity index is 907. The molecule has 2 atom stereocenters. The maximum atomic E-state index is 12.5. The van der Waals surface area contributed by atoms with Crippen LogP contribution >= 0.6 is 23.5 Å². The Morgan fingerprint density at radius 1 is 0.833 bits per heavy atom. The number of aliphatic hydroxyl groups excluding tert-OH is 1. The highest BCUT2D eigenvalue weighted by Gasteiger charge is 2.24. The van der Waals surface area contributed by atoms with Crippen molar-refractivity contribution in [3.63, 3.8) is 0 Å². The van der Waals surface area contributed by atoms with Gasteiger partial charge in [-0.3, -0.25) is 4.18 Å². The molecule has 0 aliphatic heterocycles. The van der Waals surface area contributed by atoms with Gasteiger partial charge in [0.05, 0.1) is 17.6 Å². The third kappa shape index (κ3) is 5.99. The Labute approximate surface area is 189 Å². The normalized spacial score (nSPS) is 13.4. The standard InChI is InChI=1S/C24H26O3S3/c1-17-4-14-22(15-5-17)30(26)27-16-23(25)24(18-6-10-20(28-2)11-7-18)19-8-12-21(29-3)13-9-19/h4-15,23-25H,16H2,1-3H3. The van der Waals surface area contributed by atoms with E-state index in [2.05, 4.69) is 24.3 Å². The molecule has 3 nitrogen and oxygen atoms in total. The second kappa shape index (κ2) is 11.2. The van der Waals surface area contributed by atoms with Gasteiger partial charge >= 0.3 is 0 Å². The quantitative estimate of drug-likeness (QED) is 0.419. The number of thioether (sulfide) groups is 2. The van der Waals surface area contributed by atoms with Gasteiger partial charge in [0.1, 0.15) is 0 Å². The van der Waals surface area contributed by atoms with Crippen molar-refractivity contribution < 1.29 is 13.5 Å². The lowest BCUT2D eigenvalue weighted by Gasteiger charge is -2.24. The van der Waals surface area contributed by atoms with Crippen LogP contribution in [0.3, 0.4) is 0 Å². The maximum absolute atomic E-state index is 12.5. The van der Waals surface area contributed by atoms with E-state index in [1.165, 1.54) is 9.79 Å². The van der Waals surface area contributed by atoms with Gasteiger partial charge in [-0.05, 0) is 67.0 Å². The van der Waals surface area contributed by atoms with E-state index < -0.39 is 17.2 Å². The minimum Gasteiger partial charge on any atom is -0.390 e. The molecule has 0 amide bonds. The number of aliphatic hydroxyl groups is 1. The van der Waals surface area contributed by atoms with Crippen molar-refractivity contribution in [2.24, 2.45) is 0 Å². The first kappa shape index (κ1) is 23.1. The highest BCUT2D eigenvalue weighted by atomic mass is 32.2. The SMILES string of the molecule is CSc1ccc(C(c2ccc(SC)cc2)C(O)COS(=O)c2ccc(C)cc2)cc1. The molecule has 0 aliphatic carbocycles. The molecule has 2 unspecified atom stereocenters. The molecule has 0 fully saturated rings. The van der Waals surface area contributed by atoms with E-state index >= 15 is 0 Å². The Morgan fingerprint density at radius 2 is 1.30 bits per heavy atom. The van der Waals surface area contributed by atoms with E-state index in [0.717, 1.165) is 16.7 Å². The molecule has 0 radical (unpaired) electrons. The number of rotatable bonds is 9. The molecule has 0 saturated heterocycles. The van der Waals surface area contributed by atoms with Crippen LogP contribution in [0.25, 0.3) is 0 Å². The molecule has 158 valence electrons. The average Bonchev–Trinajstić information content (AvgIpc) is 2.79. The predicted octanol–water partition coefficient (Wildman–Crippen LogP) is 5.67. The van der Waals surface area contributed by atoms with E-state index in [9.17, 15) is 9.32 Å². The van der Waals surface area contributed by atoms with E-state index in [1.807, 2.05) is 55.8 Å². The Balaban J connectivity index is 1.80. The minimum absolute atomic E-state index is 0.0281. The maximum Gasteiger partial charge on any atom is 0.189 e. The monoisotopic (exact) mass is 458 g/mol. The van der Waals surface area contributed by atoms with Crippen LogP contribution in [0.4, 0.5) is 0 Å². The molecular weight excluding hydrogens is 432 g/mol. The summed E-state index contributed by atoms with van der Waals surface area (Å²) in [5, 5.41) is 11.0. The summed E-state index contributed by atoms with van der Waals surface area (Å²) in [6.07, 6.45) is 3.24. The smallest absolute Gasteiger partial charge is 0.189 e. The van der Waals surface area contributed by atoms with Crippen LogP contribution in [0.1, 0.15) is 22.6 Å². The van der Waals surface area contributed by atoms with Gasteiger partial charge in [0.25, 0.3) is 0 Å². The fourth-order valence-corrected chi connectivity index (χ4v) is 4.78. The summed E-state index contributed by atoms with van der Waals surface area (Å²) < 4.78 is 18.1. The molecule has 0 saturated carbocycles. The Kier molecular flexibility index (Phi) is 8.60. The Hall–Kier alpha value is -1.57. The third-order valence-corrected chi connectivity index (χ3v) is 7.39. The van der Waals surface area contributed by atoms with Crippen molar-refractivity contribution in [1.82, 2.24) is 0 Å². The zero-order valence-corrected chi connectivity index (χ0v) is 19.7. The summed E-state index contributed by atoms with van der Waals surface area (Å²) in [5.74, 6) is -0.271. The van der Waals surface area contributed by atoms with Crippen LogP contribution in [0, 0.1) is 6.92 Å². The van der Waals surface area contributed by atoms with E-state index in [1.54, 1.807) is 35.7 Å². The topological polar surface area (TPSA) is 46.5 Å². The zero-order chi connectivity index (χ0) is 21.5. The fraction of sp³-hybridized carbons (Fsp3) is 0.250. The van der Waals surface area contributed by atoms with Gasteiger partial charge in [-0.2, -0.15) is 0 Å². The minimum atomic E-state index is -1.62. The molecule has 3 aromatic carbocycles. The van der Waals surface area contributed by atoms with Gasteiger partial charge in [0, 0.05) is 15.7 Å². The van der Waals surface area contributed by atoms with Crippen molar-refractivity contribution >= 4 is 34.6 Å². The van der Waals surface area contributed by atoms with Crippen LogP contribution in [0.5, 0.6) is 0 Å². The number of hydrogen-bond acceptors (Lipinski definition) is 5. The van der Waals surface area contributed by atoms with Crippen LogP contribution in [0.15, 0.2) is 87.5 Å².